The van der Waals surface area contributed by atoms with Gasteiger partial charge in [0.1, 0.15) is 0 Å². The van der Waals surface area contributed by atoms with Gasteiger partial charge in [-0.15, -0.1) is 0 Å². The maximum absolute atomic E-state index is 10.2. The smallest absolute Gasteiger partial charge is 0 e. The molecule has 16 heteroatoms. The monoisotopic (exact) mass is 1070 g/mol. The van der Waals surface area contributed by atoms with Crippen LogP contribution in [0.15, 0.2) is 0 Å². The van der Waals surface area contributed by atoms with Crippen LogP contribution in [0, 0.1) is 66.5 Å². The Balaban J connectivity index is -0.0000000163. The molecule has 0 saturated carbocycles. The summed E-state index contributed by atoms with van der Waals surface area (Å²) in [6.07, 6.45) is 9.80. The second kappa shape index (κ2) is 278. The van der Waals surface area contributed by atoms with Gasteiger partial charge in [0.2, 0.25) is 0 Å². The quantitative estimate of drug-likeness (QED) is 0.145. The Bertz CT molecular complexity index is 410. The van der Waals surface area contributed by atoms with Crippen molar-refractivity contribution in [2.75, 3.05) is 5.75 Å². The molecule has 0 aromatic heterocycles. The van der Waals surface area contributed by atoms with Crippen molar-refractivity contribution in [3.8, 4) is 0 Å². The summed E-state index contributed by atoms with van der Waals surface area (Å²) in [5, 5.41) is 8.41. The van der Waals surface area contributed by atoms with Crippen molar-refractivity contribution in [2.24, 2.45) is 0 Å². The Morgan fingerprint density at radius 3 is 0.757 bits per heavy atom. The predicted molar refractivity (Wildman–Crippen MR) is 102 cm³/mol. The summed E-state index contributed by atoms with van der Waals surface area (Å²) in [6.45, 7) is 45.0. The Labute approximate surface area is 263 Å². The normalized spacial score (nSPS) is 4.46. The SMILES string of the molecule is O=C(O)CCCCCCCCCCS.[C-]#[O+].[C-]#[O+].[C-]#[O+].[C-]#[O+].[C-]#[O+].[C-]#[O+].[C-]#[O+].[C-]#[O+].[C-]#[O+].[C-]#[O+].[Os].[Os].[Os]. The van der Waals surface area contributed by atoms with Gasteiger partial charge in [-0.1, -0.05) is 38.5 Å². The zero-order chi connectivity index (χ0) is 30.6. The maximum Gasteiger partial charge on any atom is 0 e. The van der Waals surface area contributed by atoms with Crippen LogP contribution in [0.1, 0.15) is 57.8 Å². The molecule has 0 aliphatic carbocycles. The van der Waals surface area contributed by atoms with Crippen LogP contribution in [0.25, 0.3) is 0 Å². The Kier molecular flexibility index (Phi) is 684. The number of carboxylic acids is 1. The average molecular weight is 1070 g/mol. The van der Waals surface area contributed by atoms with Gasteiger partial charge in [0.15, 0.2) is 0 Å². The van der Waals surface area contributed by atoms with Gasteiger partial charge < -0.3 is 5.11 Å². The van der Waals surface area contributed by atoms with Crippen molar-refractivity contribution in [1.29, 1.82) is 0 Å². The Morgan fingerprint density at radius 2 is 0.595 bits per heavy atom. The summed E-state index contributed by atoms with van der Waals surface area (Å²) < 4.78 is 75.0. The van der Waals surface area contributed by atoms with Gasteiger partial charge in [-0.05, 0) is 18.6 Å². The van der Waals surface area contributed by atoms with E-state index in [1.54, 1.807) is 0 Å². The van der Waals surface area contributed by atoms with Crippen molar-refractivity contribution >= 4 is 18.6 Å². The topological polar surface area (TPSA) is 236 Å². The molecule has 208 valence electrons. The van der Waals surface area contributed by atoms with Gasteiger partial charge in [0.25, 0.3) is 0 Å². The summed E-state index contributed by atoms with van der Waals surface area (Å²) in [5.41, 5.74) is 0. The van der Waals surface area contributed by atoms with Crippen LogP contribution in [0.3, 0.4) is 0 Å². The first-order chi connectivity index (χ1) is 16.8. The molecular weight excluding hydrogens is 1050 g/mol. The van der Waals surface area contributed by atoms with Crippen LogP contribution in [0.2, 0.25) is 0 Å². The van der Waals surface area contributed by atoms with E-state index in [0.717, 1.165) is 18.6 Å². The summed E-state index contributed by atoms with van der Waals surface area (Å²) >= 11 is 4.16. The fraction of sp³-hybridized carbons (Fsp3) is 0.476. The van der Waals surface area contributed by atoms with Crippen molar-refractivity contribution in [3.63, 3.8) is 0 Å². The van der Waals surface area contributed by atoms with Gasteiger partial charge in [-0.3, -0.25) is 4.79 Å². The van der Waals surface area contributed by atoms with Crippen LogP contribution in [0.4, 0.5) is 0 Å². The molecule has 0 aromatic rings. The summed E-state index contributed by atoms with van der Waals surface area (Å²) in [6, 6.07) is 0. The van der Waals surface area contributed by atoms with E-state index in [0.29, 0.717) is 6.42 Å². The Morgan fingerprint density at radius 1 is 0.432 bits per heavy atom. The molecule has 0 amide bonds. The molecule has 0 aliphatic rings. The third kappa shape index (κ3) is 376. The first kappa shape index (κ1) is 91.0. The number of thiol groups is 1. The molecule has 0 fully saturated rings. The fourth-order valence-corrected chi connectivity index (χ4v) is 1.67. The minimum Gasteiger partial charge on any atom is 0 e. The molecule has 1 N–H and O–H groups in total. The molecule has 0 saturated heterocycles. The molecule has 0 spiro atoms. The largest absolute Gasteiger partial charge is 0 e. The minimum absolute atomic E-state index is 0. The van der Waals surface area contributed by atoms with Crippen LogP contribution < -0.4 is 0 Å². The molecule has 0 heterocycles. The third-order valence-electron chi connectivity index (χ3n) is 2.30. The van der Waals surface area contributed by atoms with E-state index in [-0.39, 0.29) is 59.4 Å². The molecule has 0 unspecified atom stereocenters. The minimum atomic E-state index is -0.668. The summed E-state index contributed by atoms with van der Waals surface area (Å²) in [4.78, 5) is 10.2. The number of unbranched alkanes of at least 4 members (excludes halogenated alkanes) is 7. The first-order valence-corrected chi connectivity index (χ1v) is 8.27. The second-order valence-electron chi connectivity index (χ2n) is 3.70. The van der Waals surface area contributed by atoms with Gasteiger partial charge in [-0.2, -0.15) is 12.6 Å². The Hall–Kier alpha value is -0.871. The van der Waals surface area contributed by atoms with E-state index >= 15 is 0 Å². The number of carboxylic acid groups (broad SMARTS) is 1. The van der Waals surface area contributed by atoms with Crippen molar-refractivity contribution in [2.45, 2.75) is 57.8 Å². The number of rotatable bonds is 10. The van der Waals surface area contributed by atoms with E-state index in [1.807, 2.05) is 0 Å². The number of hydrogen-bond donors (Lipinski definition) is 2. The van der Waals surface area contributed by atoms with Crippen molar-refractivity contribution in [3.05, 3.63) is 66.5 Å². The standard InChI is InChI=1S/C11H22O2S.10CO.3Os/c12-11(13)9-7-5-3-1-2-4-6-8-10-14;10*1-2;;;/h14H,1-10H2,(H,12,13);;;;;;;;;;;;;. The molecule has 0 atom stereocenters. The molecule has 0 radical (unpaired) electrons. The predicted octanol–water partition coefficient (Wildman–Crippen LogP) is 3.13. The van der Waals surface area contributed by atoms with Crippen LogP contribution in [0.5, 0.6) is 0 Å². The van der Waals surface area contributed by atoms with Gasteiger partial charge >= 0.3 is 119 Å². The maximum atomic E-state index is 10.2. The van der Waals surface area contributed by atoms with E-state index in [2.05, 4.69) is 79.1 Å². The number of hydrogen-bond acceptors (Lipinski definition) is 2. The van der Waals surface area contributed by atoms with Crippen LogP contribution in [-0.2, 0) is 111 Å². The van der Waals surface area contributed by atoms with Gasteiger partial charge in [0.05, 0.1) is 0 Å². The van der Waals surface area contributed by atoms with E-state index in [1.165, 1.54) is 38.5 Å². The molecular formula is C21H22O12Os3S. The number of aliphatic carboxylic acids is 1. The fourth-order valence-electron chi connectivity index (χ4n) is 1.45. The van der Waals surface area contributed by atoms with Crippen LogP contribution in [-0.4, -0.2) is 16.8 Å². The third-order valence-corrected chi connectivity index (χ3v) is 2.61. The first-order valence-electron chi connectivity index (χ1n) is 7.64. The molecule has 0 rings (SSSR count). The molecule has 12 nitrogen and oxygen atoms in total. The molecule has 0 aliphatic heterocycles. The van der Waals surface area contributed by atoms with Crippen molar-refractivity contribution in [1.82, 2.24) is 0 Å². The molecule has 0 aromatic carbocycles. The van der Waals surface area contributed by atoms with E-state index in [4.69, 9.17) is 51.6 Å². The van der Waals surface area contributed by atoms with E-state index < -0.39 is 5.97 Å². The average Bonchev–Trinajstić information content (AvgIpc) is 2.98. The van der Waals surface area contributed by atoms with Crippen molar-refractivity contribution < 1.29 is 116 Å². The molecule has 37 heavy (non-hydrogen) atoms. The van der Waals surface area contributed by atoms with Gasteiger partial charge in [-0.25, -0.2) is 0 Å². The summed E-state index contributed by atoms with van der Waals surface area (Å²) in [7, 11) is 0. The zero-order valence-corrected chi connectivity index (χ0v) is 27.5. The van der Waals surface area contributed by atoms with Crippen LogP contribution >= 0.6 is 12.6 Å². The second-order valence-corrected chi connectivity index (χ2v) is 4.14. The zero-order valence-electron chi connectivity index (χ0n) is 19.0. The van der Waals surface area contributed by atoms with E-state index in [9.17, 15) is 4.79 Å². The molecule has 0 bridgehead atoms. The summed E-state index contributed by atoms with van der Waals surface area (Å²) in [5.74, 6) is 0.331. The van der Waals surface area contributed by atoms with Gasteiger partial charge in [0, 0.05) is 65.8 Å². The number of carbonyl (C=O) groups is 1.